The molecule has 2 heterocycles. The van der Waals surface area contributed by atoms with Crippen LogP contribution in [0.15, 0.2) is 49.6 Å². The normalized spacial score (nSPS) is 12.6. The van der Waals surface area contributed by atoms with E-state index >= 15 is 0 Å². The van der Waals surface area contributed by atoms with Crippen LogP contribution in [-0.4, -0.2) is 42.4 Å². The Morgan fingerprint density at radius 3 is 2.39 bits per heavy atom. The fourth-order valence-corrected chi connectivity index (χ4v) is 3.54. The lowest BCUT2D eigenvalue weighted by molar-refractivity contribution is -0.138. The maximum absolute atomic E-state index is 12.7. The first-order chi connectivity index (χ1) is 14.7. The van der Waals surface area contributed by atoms with Crippen LogP contribution in [0, 0.1) is 6.92 Å². The molecule has 2 aromatic heterocycles. The van der Waals surface area contributed by atoms with Crippen molar-refractivity contribution >= 4 is 5.70 Å². The molecule has 0 radical (unpaired) electrons. The van der Waals surface area contributed by atoms with E-state index in [1.807, 2.05) is 32.0 Å². The summed E-state index contributed by atoms with van der Waals surface area (Å²) in [5.41, 5.74) is 2.81. The van der Waals surface area contributed by atoms with Crippen molar-refractivity contribution in [3.63, 3.8) is 0 Å². The van der Waals surface area contributed by atoms with Crippen molar-refractivity contribution in [1.29, 1.82) is 0 Å². The van der Waals surface area contributed by atoms with Crippen molar-refractivity contribution in [3.8, 4) is 5.69 Å². The van der Waals surface area contributed by atoms with Gasteiger partial charge < -0.3 is 4.90 Å². The quantitative estimate of drug-likeness (QED) is 0.519. The largest absolute Gasteiger partial charge is 0.419 e. The van der Waals surface area contributed by atoms with Crippen molar-refractivity contribution in [2.75, 3.05) is 6.54 Å². The molecule has 0 N–H and O–H groups in total. The summed E-state index contributed by atoms with van der Waals surface area (Å²) in [7, 11) is 0. The minimum absolute atomic E-state index is 0.0716. The molecule has 1 unspecified atom stereocenters. The number of benzene rings is 1. The van der Waals surface area contributed by atoms with Crippen molar-refractivity contribution in [1.82, 2.24) is 29.9 Å². The van der Waals surface area contributed by atoms with E-state index in [1.165, 1.54) is 0 Å². The van der Waals surface area contributed by atoms with E-state index in [2.05, 4.69) is 38.6 Å². The van der Waals surface area contributed by atoms with E-state index in [9.17, 15) is 13.2 Å². The molecule has 0 amide bonds. The molecule has 0 fully saturated rings. The van der Waals surface area contributed by atoms with Crippen LogP contribution >= 0.6 is 0 Å². The van der Waals surface area contributed by atoms with Gasteiger partial charge in [0.2, 0.25) is 0 Å². The van der Waals surface area contributed by atoms with Crippen LogP contribution in [0.4, 0.5) is 13.2 Å². The lowest BCUT2D eigenvalue weighted by Gasteiger charge is -2.33. The number of para-hydroxylation sites is 1. The molecule has 0 aliphatic heterocycles. The lowest BCUT2D eigenvalue weighted by Crippen LogP contribution is -2.32. The summed E-state index contributed by atoms with van der Waals surface area (Å²) in [4.78, 5) is 11.5. The molecule has 0 bridgehead atoms. The third-order valence-corrected chi connectivity index (χ3v) is 5.21. The highest BCUT2D eigenvalue weighted by Gasteiger charge is 2.31. The van der Waals surface area contributed by atoms with Gasteiger partial charge in [0.15, 0.2) is 0 Å². The van der Waals surface area contributed by atoms with Crippen LogP contribution in [0.3, 0.4) is 0 Å². The first-order valence-corrected chi connectivity index (χ1v) is 10.0. The van der Waals surface area contributed by atoms with Crippen LogP contribution in [0.25, 0.3) is 11.4 Å². The van der Waals surface area contributed by atoms with Crippen molar-refractivity contribution < 1.29 is 13.2 Å². The van der Waals surface area contributed by atoms with Crippen molar-refractivity contribution in [3.05, 3.63) is 72.1 Å². The average molecular weight is 430 g/mol. The molecular weight excluding hydrogens is 405 g/mol. The Kier molecular flexibility index (Phi) is 6.72. The number of nitrogens with zero attached hydrogens (tertiary/aromatic N) is 6. The van der Waals surface area contributed by atoms with Gasteiger partial charge in [-0.1, -0.05) is 24.8 Å². The molecule has 0 saturated carbocycles. The van der Waals surface area contributed by atoms with E-state index in [0.717, 1.165) is 34.9 Å². The number of hydrogen-bond acceptors (Lipinski definition) is 5. The third kappa shape index (κ3) is 5.10. The Bertz CT molecular complexity index is 1010. The fraction of sp³-hybridized carbons (Fsp3) is 0.364. The van der Waals surface area contributed by atoms with Gasteiger partial charge in [0.05, 0.1) is 23.6 Å². The summed E-state index contributed by atoms with van der Waals surface area (Å²) in [5.74, 6) is 0.388. The molecule has 164 valence electrons. The Labute approximate surface area is 179 Å². The molecule has 1 aromatic carbocycles. The van der Waals surface area contributed by atoms with Gasteiger partial charge in [0.1, 0.15) is 5.82 Å². The third-order valence-electron chi connectivity index (χ3n) is 5.21. The first-order valence-electron chi connectivity index (χ1n) is 10.0. The van der Waals surface area contributed by atoms with Gasteiger partial charge in [-0.15, -0.1) is 0 Å². The standard InChI is InChI=1S/C22H25F3N6/c1-5-30(16(3)9-10-20-26-13-18(14-27-20)22(23,24)25)17(4)19-8-6-7-15(2)21(19)31-28-11-12-29-31/h6-8,11-14,16H,4-5,9-10H2,1-3H3. The Balaban J connectivity index is 1.75. The van der Waals surface area contributed by atoms with Gasteiger partial charge >= 0.3 is 6.18 Å². The molecule has 3 rings (SSSR count). The fourth-order valence-electron chi connectivity index (χ4n) is 3.54. The topological polar surface area (TPSA) is 59.7 Å². The first kappa shape index (κ1) is 22.5. The molecule has 0 aliphatic rings. The van der Waals surface area contributed by atoms with Gasteiger partial charge in [-0.05, 0) is 32.8 Å². The molecule has 31 heavy (non-hydrogen) atoms. The average Bonchev–Trinajstić information content (AvgIpc) is 3.26. The van der Waals surface area contributed by atoms with E-state index in [1.54, 1.807) is 17.2 Å². The van der Waals surface area contributed by atoms with Crippen LogP contribution in [0.5, 0.6) is 0 Å². The minimum Gasteiger partial charge on any atom is -0.369 e. The molecule has 0 aliphatic carbocycles. The second-order valence-corrected chi connectivity index (χ2v) is 7.30. The summed E-state index contributed by atoms with van der Waals surface area (Å²) in [6, 6.07) is 6.03. The molecule has 0 saturated heterocycles. The van der Waals surface area contributed by atoms with Crippen LogP contribution in [-0.2, 0) is 12.6 Å². The maximum atomic E-state index is 12.7. The minimum atomic E-state index is -4.43. The van der Waals surface area contributed by atoms with Crippen LogP contribution < -0.4 is 0 Å². The second kappa shape index (κ2) is 9.28. The molecule has 9 heteroatoms. The molecule has 0 spiro atoms. The Morgan fingerprint density at radius 1 is 1.16 bits per heavy atom. The van der Waals surface area contributed by atoms with E-state index in [-0.39, 0.29) is 6.04 Å². The summed E-state index contributed by atoms with van der Waals surface area (Å²) >= 11 is 0. The Morgan fingerprint density at radius 2 is 1.81 bits per heavy atom. The predicted octanol–water partition coefficient (Wildman–Crippen LogP) is 4.70. The number of halogens is 3. The van der Waals surface area contributed by atoms with Gasteiger partial charge in [0, 0.05) is 42.7 Å². The SMILES string of the molecule is C=C(c1cccc(C)c1-n1nccn1)N(CC)C(C)CCc1ncc(C(F)(F)F)cn1. The summed E-state index contributed by atoms with van der Waals surface area (Å²) in [6.45, 7) is 11.1. The number of aromatic nitrogens is 5. The molecule has 1 atom stereocenters. The predicted molar refractivity (Wildman–Crippen MR) is 112 cm³/mol. The number of rotatable bonds is 8. The van der Waals surface area contributed by atoms with Crippen molar-refractivity contribution in [2.24, 2.45) is 0 Å². The van der Waals surface area contributed by atoms with Gasteiger partial charge in [-0.2, -0.15) is 28.2 Å². The second-order valence-electron chi connectivity index (χ2n) is 7.30. The van der Waals surface area contributed by atoms with Gasteiger partial charge in [0.25, 0.3) is 0 Å². The summed E-state index contributed by atoms with van der Waals surface area (Å²) in [6.07, 6.45) is 1.62. The molecule has 6 nitrogen and oxygen atoms in total. The van der Waals surface area contributed by atoms with E-state index < -0.39 is 11.7 Å². The van der Waals surface area contributed by atoms with Crippen LogP contribution in [0.2, 0.25) is 0 Å². The van der Waals surface area contributed by atoms with Gasteiger partial charge in [-0.25, -0.2) is 9.97 Å². The Hall–Kier alpha value is -3.23. The summed E-state index contributed by atoms with van der Waals surface area (Å²) in [5, 5.41) is 8.54. The zero-order chi connectivity index (χ0) is 22.6. The lowest BCUT2D eigenvalue weighted by atomic mass is 10.0. The highest BCUT2D eigenvalue weighted by molar-refractivity contribution is 5.71. The number of hydrogen-bond donors (Lipinski definition) is 0. The van der Waals surface area contributed by atoms with Gasteiger partial charge in [-0.3, -0.25) is 0 Å². The van der Waals surface area contributed by atoms with E-state index in [0.29, 0.717) is 25.2 Å². The van der Waals surface area contributed by atoms with E-state index in [4.69, 9.17) is 0 Å². The highest BCUT2D eigenvalue weighted by Crippen LogP contribution is 2.29. The van der Waals surface area contributed by atoms with Crippen LogP contribution in [0.1, 0.15) is 42.8 Å². The zero-order valence-electron chi connectivity index (χ0n) is 17.8. The molecule has 3 aromatic rings. The van der Waals surface area contributed by atoms with Crippen molar-refractivity contribution in [2.45, 2.75) is 45.8 Å². The zero-order valence-corrected chi connectivity index (χ0v) is 17.8. The number of aryl methyl sites for hydroxylation is 2. The highest BCUT2D eigenvalue weighted by atomic mass is 19.4. The number of alkyl halides is 3. The summed E-state index contributed by atoms with van der Waals surface area (Å²) < 4.78 is 38.1. The maximum Gasteiger partial charge on any atom is 0.419 e. The molecular formula is C22H25F3N6. The monoisotopic (exact) mass is 430 g/mol. The smallest absolute Gasteiger partial charge is 0.369 e.